The van der Waals surface area contributed by atoms with Crippen molar-refractivity contribution in [2.45, 2.75) is 44.4 Å². The van der Waals surface area contributed by atoms with E-state index in [4.69, 9.17) is 0 Å². The first-order valence-corrected chi connectivity index (χ1v) is 6.69. The molecule has 1 aliphatic rings. The molecular formula is C9H19NO2S. The van der Waals surface area contributed by atoms with Crippen LogP contribution in [0.2, 0.25) is 0 Å². The monoisotopic (exact) mass is 205 g/mol. The Morgan fingerprint density at radius 1 is 1.38 bits per heavy atom. The van der Waals surface area contributed by atoms with Gasteiger partial charge in [0.2, 0.25) is 0 Å². The van der Waals surface area contributed by atoms with Gasteiger partial charge in [0.05, 0.1) is 11.0 Å². The molecule has 0 bridgehead atoms. The van der Waals surface area contributed by atoms with Crippen LogP contribution in [0.5, 0.6) is 0 Å². The Morgan fingerprint density at radius 2 is 2.00 bits per heavy atom. The highest BCUT2D eigenvalue weighted by atomic mass is 32.2. The van der Waals surface area contributed by atoms with Crippen LogP contribution in [0.15, 0.2) is 0 Å². The standard InChI is InChI=1S/C9H19NO2S/c1-8(2)13(11,12)7-6-10-9-4-3-5-9/h8-10H,3-7H2,1-2H3. The van der Waals surface area contributed by atoms with Crippen molar-refractivity contribution < 1.29 is 8.42 Å². The zero-order valence-corrected chi connectivity index (χ0v) is 9.23. The summed E-state index contributed by atoms with van der Waals surface area (Å²) in [5, 5.41) is 3.01. The first-order valence-electron chi connectivity index (χ1n) is 4.97. The quantitative estimate of drug-likeness (QED) is 0.727. The molecule has 0 aromatic heterocycles. The second kappa shape index (κ2) is 4.42. The molecule has 0 atom stereocenters. The van der Waals surface area contributed by atoms with Gasteiger partial charge in [-0.15, -0.1) is 0 Å². The summed E-state index contributed by atoms with van der Waals surface area (Å²) in [5.41, 5.74) is 0. The first kappa shape index (κ1) is 11.0. The molecule has 4 heteroatoms. The fourth-order valence-corrected chi connectivity index (χ4v) is 2.13. The van der Waals surface area contributed by atoms with Crippen LogP contribution < -0.4 is 5.32 Å². The third kappa shape index (κ3) is 3.27. The van der Waals surface area contributed by atoms with Crippen molar-refractivity contribution in [1.82, 2.24) is 5.32 Å². The van der Waals surface area contributed by atoms with Crippen molar-refractivity contribution >= 4 is 9.84 Å². The van der Waals surface area contributed by atoms with Gasteiger partial charge in [0, 0.05) is 12.6 Å². The van der Waals surface area contributed by atoms with Crippen molar-refractivity contribution in [3.05, 3.63) is 0 Å². The average Bonchev–Trinajstić information content (AvgIpc) is 1.94. The van der Waals surface area contributed by atoms with Crippen LogP contribution in [0.4, 0.5) is 0 Å². The molecule has 0 radical (unpaired) electrons. The Morgan fingerprint density at radius 3 is 2.38 bits per heavy atom. The highest BCUT2D eigenvalue weighted by molar-refractivity contribution is 7.92. The molecule has 0 aliphatic heterocycles. The molecular weight excluding hydrogens is 186 g/mol. The van der Waals surface area contributed by atoms with Crippen molar-refractivity contribution in [3.63, 3.8) is 0 Å². The molecule has 1 rings (SSSR count). The molecule has 0 heterocycles. The predicted molar refractivity (Wildman–Crippen MR) is 54.6 cm³/mol. The zero-order valence-electron chi connectivity index (χ0n) is 8.41. The summed E-state index contributed by atoms with van der Waals surface area (Å²) < 4.78 is 22.8. The van der Waals surface area contributed by atoms with Crippen LogP contribution in [0.3, 0.4) is 0 Å². The highest BCUT2D eigenvalue weighted by Gasteiger charge is 2.19. The molecule has 0 aromatic carbocycles. The van der Waals surface area contributed by atoms with E-state index in [9.17, 15) is 8.42 Å². The summed E-state index contributed by atoms with van der Waals surface area (Å²) in [6.45, 7) is 4.09. The molecule has 13 heavy (non-hydrogen) atoms. The van der Waals surface area contributed by atoms with E-state index in [0.29, 0.717) is 12.6 Å². The maximum atomic E-state index is 11.4. The Hall–Kier alpha value is -0.0900. The third-order valence-corrected chi connectivity index (χ3v) is 4.85. The number of hydrogen-bond donors (Lipinski definition) is 1. The van der Waals surface area contributed by atoms with Crippen LogP contribution in [-0.4, -0.2) is 32.0 Å². The molecule has 1 aliphatic carbocycles. The SMILES string of the molecule is CC(C)S(=O)(=O)CCNC1CCC1. The van der Waals surface area contributed by atoms with E-state index in [1.54, 1.807) is 13.8 Å². The van der Waals surface area contributed by atoms with Gasteiger partial charge in [-0.3, -0.25) is 0 Å². The van der Waals surface area contributed by atoms with E-state index in [1.165, 1.54) is 19.3 Å². The summed E-state index contributed by atoms with van der Waals surface area (Å²) in [5.74, 6) is 0.279. The van der Waals surface area contributed by atoms with Gasteiger partial charge in [0.15, 0.2) is 9.84 Å². The number of sulfone groups is 1. The van der Waals surface area contributed by atoms with Crippen LogP contribution in [0.1, 0.15) is 33.1 Å². The van der Waals surface area contributed by atoms with E-state index in [-0.39, 0.29) is 11.0 Å². The van der Waals surface area contributed by atoms with E-state index in [2.05, 4.69) is 5.32 Å². The minimum atomic E-state index is -2.84. The smallest absolute Gasteiger partial charge is 0.153 e. The zero-order chi connectivity index (χ0) is 9.90. The molecule has 0 saturated heterocycles. The van der Waals surface area contributed by atoms with Gasteiger partial charge < -0.3 is 5.32 Å². The van der Waals surface area contributed by atoms with Gasteiger partial charge in [-0.25, -0.2) is 8.42 Å². The Kier molecular flexibility index (Phi) is 3.74. The number of rotatable bonds is 5. The molecule has 1 N–H and O–H groups in total. The van der Waals surface area contributed by atoms with Gasteiger partial charge in [-0.2, -0.15) is 0 Å². The maximum Gasteiger partial charge on any atom is 0.153 e. The second-order valence-corrected chi connectivity index (χ2v) is 6.67. The van der Waals surface area contributed by atoms with Crippen molar-refractivity contribution in [3.8, 4) is 0 Å². The summed E-state index contributed by atoms with van der Waals surface area (Å²) in [4.78, 5) is 0. The summed E-state index contributed by atoms with van der Waals surface area (Å²) >= 11 is 0. The van der Waals surface area contributed by atoms with Gasteiger partial charge in [0.1, 0.15) is 0 Å². The molecule has 3 nitrogen and oxygen atoms in total. The van der Waals surface area contributed by atoms with E-state index in [0.717, 1.165) is 0 Å². The predicted octanol–water partition coefficient (Wildman–Crippen LogP) is 0.952. The van der Waals surface area contributed by atoms with Crippen LogP contribution >= 0.6 is 0 Å². The van der Waals surface area contributed by atoms with Crippen LogP contribution in [0, 0.1) is 0 Å². The lowest BCUT2D eigenvalue weighted by Crippen LogP contribution is -2.38. The lowest BCUT2D eigenvalue weighted by Gasteiger charge is -2.26. The van der Waals surface area contributed by atoms with Crippen LogP contribution in [-0.2, 0) is 9.84 Å². The lowest BCUT2D eigenvalue weighted by molar-refractivity contribution is 0.346. The van der Waals surface area contributed by atoms with E-state index in [1.807, 2.05) is 0 Å². The number of nitrogens with one attached hydrogen (secondary N) is 1. The van der Waals surface area contributed by atoms with Gasteiger partial charge in [-0.05, 0) is 26.7 Å². The fraction of sp³-hybridized carbons (Fsp3) is 1.00. The normalized spacial score (nSPS) is 19.0. The minimum absolute atomic E-state index is 0.240. The van der Waals surface area contributed by atoms with Crippen molar-refractivity contribution in [2.24, 2.45) is 0 Å². The van der Waals surface area contributed by atoms with Gasteiger partial charge >= 0.3 is 0 Å². The molecule has 0 unspecified atom stereocenters. The van der Waals surface area contributed by atoms with Crippen molar-refractivity contribution in [1.29, 1.82) is 0 Å². The number of hydrogen-bond acceptors (Lipinski definition) is 3. The first-order chi connectivity index (χ1) is 6.02. The Bertz CT molecular complexity index is 242. The molecule has 0 spiro atoms. The molecule has 1 fully saturated rings. The Balaban J connectivity index is 2.17. The maximum absolute atomic E-state index is 11.4. The van der Waals surface area contributed by atoms with Gasteiger partial charge in [-0.1, -0.05) is 6.42 Å². The topological polar surface area (TPSA) is 46.2 Å². The Labute approximate surface area is 80.8 Å². The van der Waals surface area contributed by atoms with E-state index >= 15 is 0 Å². The molecule has 0 aromatic rings. The van der Waals surface area contributed by atoms with Gasteiger partial charge in [0.25, 0.3) is 0 Å². The lowest BCUT2D eigenvalue weighted by atomic mass is 9.93. The summed E-state index contributed by atoms with van der Waals surface area (Å²) in [6, 6.07) is 0.586. The second-order valence-electron chi connectivity index (χ2n) is 4.00. The highest BCUT2D eigenvalue weighted by Crippen LogP contribution is 2.17. The summed E-state index contributed by atoms with van der Waals surface area (Å²) in [6.07, 6.45) is 3.71. The molecule has 1 saturated carbocycles. The minimum Gasteiger partial charge on any atom is -0.313 e. The van der Waals surface area contributed by atoms with E-state index < -0.39 is 9.84 Å². The van der Waals surface area contributed by atoms with Crippen LogP contribution in [0.25, 0.3) is 0 Å². The molecule has 78 valence electrons. The average molecular weight is 205 g/mol. The largest absolute Gasteiger partial charge is 0.313 e. The molecule has 0 amide bonds. The fourth-order valence-electron chi connectivity index (χ4n) is 1.25. The van der Waals surface area contributed by atoms with Crippen molar-refractivity contribution in [2.75, 3.05) is 12.3 Å². The summed E-state index contributed by atoms with van der Waals surface area (Å²) in [7, 11) is -2.84. The third-order valence-electron chi connectivity index (χ3n) is 2.64.